The maximum atomic E-state index is 14.4. The van der Waals surface area contributed by atoms with Crippen LogP contribution in [0.15, 0.2) is 82.8 Å². The summed E-state index contributed by atoms with van der Waals surface area (Å²) >= 11 is 0. The zero-order chi connectivity index (χ0) is 24.4. The molecule has 1 aromatic carbocycles. The van der Waals surface area contributed by atoms with Gasteiger partial charge in [0, 0.05) is 24.0 Å². The highest BCUT2D eigenvalue weighted by atomic mass is 32.2. The Morgan fingerprint density at radius 2 is 1.86 bits per heavy atom. The average Bonchev–Trinajstić information content (AvgIpc) is 3.53. The van der Waals surface area contributed by atoms with Crippen molar-refractivity contribution >= 4 is 15.8 Å². The molecule has 4 aromatic heterocycles. The highest BCUT2D eigenvalue weighted by Crippen LogP contribution is 2.26. The van der Waals surface area contributed by atoms with Gasteiger partial charge in [0.25, 0.3) is 10.0 Å². The third-order valence-corrected chi connectivity index (χ3v) is 6.23. The largest absolute Gasteiger partial charge is 0.364 e. The smallest absolute Gasteiger partial charge is 0.264 e. The van der Waals surface area contributed by atoms with Crippen molar-refractivity contribution < 1.29 is 21.7 Å². The van der Waals surface area contributed by atoms with Gasteiger partial charge in [0.05, 0.1) is 18.4 Å². The van der Waals surface area contributed by atoms with Gasteiger partial charge in [-0.1, -0.05) is 23.4 Å². The number of nitrogens with one attached hydrogen (secondary N) is 1. The van der Waals surface area contributed by atoms with Crippen LogP contribution in [0.4, 0.5) is 14.6 Å². The van der Waals surface area contributed by atoms with Gasteiger partial charge in [0.2, 0.25) is 0 Å². The molecule has 0 unspecified atom stereocenters. The average molecular weight is 495 g/mol. The molecular formula is C22H15F2N7O3S. The SMILES string of the molecule is O=S(=O)(Nc1nc(-c2cc(-c3ccon3)n(Cc3ccccc3F)n2)ncc1F)c1cccnc1. The summed E-state index contributed by atoms with van der Waals surface area (Å²) in [6.07, 6.45) is 4.73. The number of nitrogens with zero attached hydrogens (tertiary/aromatic N) is 6. The van der Waals surface area contributed by atoms with Crippen LogP contribution in [0.1, 0.15) is 5.56 Å². The first-order valence-electron chi connectivity index (χ1n) is 10.1. The summed E-state index contributed by atoms with van der Waals surface area (Å²) in [5.74, 6) is -2.03. The molecule has 0 aliphatic carbocycles. The van der Waals surface area contributed by atoms with Crippen molar-refractivity contribution in [2.24, 2.45) is 0 Å². The summed E-state index contributed by atoms with van der Waals surface area (Å²) in [6.45, 7) is 0.0521. The van der Waals surface area contributed by atoms with Gasteiger partial charge in [-0.05, 0) is 24.3 Å². The van der Waals surface area contributed by atoms with Crippen LogP contribution in [-0.2, 0) is 16.6 Å². The summed E-state index contributed by atoms with van der Waals surface area (Å²) in [5.41, 5.74) is 1.43. The number of benzene rings is 1. The molecule has 5 aromatic rings. The Morgan fingerprint density at radius 3 is 2.60 bits per heavy atom. The minimum Gasteiger partial charge on any atom is -0.364 e. The molecule has 10 nitrogen and oxygen atoms in total. The van der Waals surface area contributed by atoms with Gasteiger partial charge in [-0.3, -0.25) is 14.4 Å². The van der Waals surface area contributed by atoms with Crippen LogP contribution >= 0.6 is 0 Å². The van der Waals surface area contributed by atoms with Gasteiger partial charge in [-0.15, -0.1) is 0 Å². The molecule has 13 heteroatoms. The number of halogens is 2. The molecule has 0 saturated heterocycles. The van der Waals surface area contributed by atoms with E-state index in [4.69, 9.17) is 4.52 Å². The first-order valence-corrected chi connectivity index (χ1v) is 11.6. The fourth-order valence-corrected chi connectivity index (χ4v) is 4.21. The second-order valence-electron chi connectivity index (χ2n) is 7.23. The molecule has 0 atom stereocenters. The van der Waals surface area contributed by atoms with Crippen LogP contribution in [0.3, 0.4) is 0 Å². The van der Waals surface area contributed by atoms with E-state index < -0.39 is 27.5 Å². The topological polar surface area (TPSA) is 129 Å². The molecule has 0 spiro atoms. The maximum Gasteiger partial charge on any atom is 0.264 e. The fraction of sp³-hybridized carbons (Fsp3) is 0.0455. The lowest BCUT2D eigenvalue weighted by Crippen LogP contribution is -2.16. The highest BCUT2D eigenvalue weighted by Gasteiger charge is 2.21. The van der Waals surface area contributed by atoms with Crippen molar-refractivity contribution in [2.75, 3.05) is 4.72 Å². The summed E-state index contributed by atoms with van der Waals surface area (Å²) in [6, 6.07) is 12.1. The normalized spacial score (nSPS) is 11.5. The van der Waals surface area contributed by atoms with Crippen molar-refractivity contribution in [3.05, 3.63) is 90.6 Å². The molecule has 35 heavy (non-hydrogen) atoms. The molecular weight excluding hydrogens is 480 g/mol. The summed E-state index contributed by atoms with van der Waals surface area (Å²) in [4.78, 5) is 11.6. The number of hydrogen-bond donors (Lipinski definition) is 1. The van der Waals surface area contributed by atoms with Gasteiger partial charge in [-0.25, -0.2) is 27.2 Å². The van der Waals surface area contributed by atoms with Gasteiger partial charge >= 0.3 is 0 Å². The maximum absolute atomic E-state index is 14.4. The molecule has 5 rings (SSSR count). The van der Waals surface area contributed by atoms with E-state index in [0.717, 1.165) is 12.4 Å². The molecule has 0 bridgehead atoms. The predicted molar refractivity (Wildman–Crippen MR) is 119 cm³/mol. The zero-order valence-corrected chi connectivity index (χ0v) is 18.5. The quantitative estimate of drug-likeness (QED) is 0.363. The Balaban J connectivity index is 1.53. The predicted octanol–water partition coefficient (Wildman–Crippen LogP) is 3.52. The highest BCUT2D eigenvalue weighted by molar-refractivity contribution is 7.92. The number of pyridine rings is 1. The van der Waals surface area contributed by atoms with Crippen LogP contribution in [0, 0.1) is 11.6 Å². The Morgan fingerprint density at radius 1 is 1.00 bits per heavy atom. The van der Waals surface area contributed by atoms with E-state index in [1.54, 1.807) is 30.3 Å². The van der Waals surface area contributed by atoms with Crippen molar-refractivity contribution in [2.45, 2.75) is 11.4 Å². The third-order valence-electron chi connectivity index (χ3n) is 4.91. The van der Waals surface area contributed by atoms with Crippen molar-refractivity contribution in [1.82, 2.24) is 29.9 Å². The lowest BCUT2D eigenvalue weighted by atomic mass is 10.2. The summed E-state index contributed by atoms with van der Waals surface area (Å²) in [5, 5.41) is 8.34. The fourth-order valence-electron chi connectivity index (χ4n) is 3.24. The molecule has 4 heterocycles. The molecule has 0 fully saturated rings. The van der Waals surface area contributed by atoms with Gasteiger partial charge < -0.3 is 4.52 Å². The van der Waals surface area contributed by atoms with E-state index in [1.165, 1.54) is 35.3 Å². The number of rotatable bonds is 7. The molecule has 0 saturated carbocycles. The molecule has 0 radical (unpaired) electrons. The number of sulfonamides is 1. The van der Waals surface area contributed by atoms with Crippen molar-refractivity contribution in [1.29, 1.82) is 0 Å². The third kappa shape index (κ3) is 4.61. The second kappa shape index (κ2) is 9.02. The van der Waals surface area contributed by atoms with Crippen LogP contribution < -0.4 is 4.72 Å². The molecule has 176 valence electrons. The molecule has 0 aliphatic rings. The zero-order valence-electron chi connectivity index (χ0n) is 17.7. The Kier molecular flexibility index (Phi) is 5.74. The minimum atomic E-state index is -4.15. The van der Waals surface area contributed by atoms with Crippen molar-refractivity contribution in [3.8, 4) is 22.9 Å². The van der Waals surface area contributed by atoms with Gasteiger partial charge in [-0.2, -0.15) is 5.10 Å². The Labute approximate surface area is 197 Å². The molecule has 0 aliphatic heterocycles. The Hall–Kier alpha value is -4.52. The van der Waals surface area contributed by atoms with E-state index in [2.05, 4.69) is 29.9 Å². The summed E-state index contributed by atoms with van der Waals surface area (Å²) < 4.78 is 62.4. The molecule has 1 N–H and O–H groups in total. The van der Waals surface area contributed by atoms with Gasteiger partial charge in [0.1, 0.15) is 28.4 Å². The van der Waals surface area contributed by atoms with E-state index in [1.807, 2.05) is 0 Å². The monoisotopic (exact) mass is 495 g/mol. The van der Waals surface area contributed by atoms with E-state index in [9.17, 15) is 17.2 Å². The Bertz CT molecular complexity index is 1590. The van der Waals surface area contributed by atoms with Crippen molar-refractivity contribution in [3.63, 3.8) is 0 Å². The number of aromatic nitrogens is 6. The standard InChI is InChI=1S/C22H15F2N7O3S/c23-16-6-2-1-4-14(16)13-31-20(18-7-9-34-29-18)10-19(28-31)22-26-12-17(24)21(27-22)30-35(32,33)15-5-3-8-25-11-15/h1-12H,13H2,(H,26,27,30). The lowest BCUT2D eigenvalue weighted by Gasteiger charge is -2.08. The van der Waals surface area contributed by atoms with E-state index >= 15 is 0 Å². The molecule has 0 amide bonds. The lowest BCUT2D eigenvalue weighted by molar-refractivity contribution is 0.421. The van der Waals surface area contributed by atoms with E-state index in [0.29, 0.717) is 17.0 Å². The number of anilines is 1. The summed E-state index contributed by atoms with van der Waals surface area (Å²) in [7, 11) is -4.15. The first kappa shape index (κ1) is 22.3. The number of hydrogen-bond acceptors (Lipinski definition) is 8. The second-order valence-corrected chi connectivity index (χ2v) is 8.92. The van der Waals surface area contributed by atoms with Crippen LogP contribution in [0.2, 0.25) is 0 Å². The minimum absolute atomic E-state index is 0.0521. The van der Waals surface area contributed by atoms with Crippen LogP contribution in [0.25, 0.3) is 22.9 Å². The van der Waals surface area contributed by atoms with Gasteiger partial charge in [0.15, 0.2) is 17.5 Å². The van der Waals surface area contributed by atoms with Crippen LogP contribution in [0.5, 0.6) is 0 Å². The van der Waals surface area contributed by atoms with E-state index in [-0.39, 0.29) is 23.0 Å². The first-order chi connectivity index (χ1) is 16.9. The van der Waals surface area contributed by atoms with Crippen LogP contribution in [-0.4, -0.2) is 38.3 Å².